The molecule has 0 radical (unpaired) electrons. The van der Waals surface area contributed by atoms with Crippen LogP contribution in [0.25, 0.3) is 0 Å². The molecule has 1 spiro atoms. The van der Waals surface area contributed by atoms with Gasteiger partial charge in [0, 0.05) is 18.9 Å². The molecule has 5 rings (SSSR count). The van der Waals surface area contributed by atoms with Crippen LogP contribution in [0.3, 0.4) is 0 Å². The lowest BCUT2D eigenvalue weighted by Crippen LogP contribution is -2.53. The molecule has 26 heavy (non-hydrogen) atoms. The highest BCUT2D eigenvalue weighted by Crippen LogP contribution is 2.78. The number of hydrogen-bond donors (Lipinski definition) is 2. The van der Waals surface area contributed by atoms with Crippen molar-refractivity contribution in [3.8, 4) is 0 Å². The zero-order valence-corrected chi connectivity index (χ0v) is 15.7. The lowest BCUT2D eigenvalue weighted by Gasteiger charge is -2.44. The zero-order valence-electron chi connectivity index (χ0n) is 15.7. The highest BCUT2D eigenvalue weighted by Gasteiger charge is 2.84. The molecule has 1 saturated heterocycles. The van der Waals surface area contributed by atoms with E-state index >= 15 is 0 Å². The molecule has 6 heteroatoms. The van der Waals surface area contributed by atoms with Crippen molar-refractivity contribution in [3.63, 3.8) is 0 Å². The Balaban J connectivity index is 1.73. The van der Waals surface area contributed by atoms with Crippen molar-refractivity contribution in [1.29, 1.82) is 0 Å². The summed E-state index contributed by atoms with van der Waals surface area (Å²) < 4.78 is 12.0. The Morgan fingerprint density at radius 2 is 2.00 bits per heavy atom. The van der Waals surface area contributed by atoms with Crippen LogP contribution in [-0.4, -0.2) is 46.6 Å². The third-order valence-electron chi connectivity index (χ3n) is 9.34. The lowest BCUT2D eigenvalue weighted by atomic mass is 9.59. The molecule has 5 fully saturated rings. The fourth-order valence-electron chi connectivity index (χ4n) is 8.30. The number of rotatable bonds is 2. The van der Waals surface area contributed by atoms with Crippen LogP contribution in [0.1, 0.15) is 52.4 Å². The predicted octanol–water partition coefficient (Wildman–Crippen LogP) is 1.99. The van der Waals surface area contributed by atoms with Gasteiger partial charge in [-0.3, -0.25) is 9.59 Å². The van der Waals surface area contributed by atoms with Gasteiger partial charge in [0.05, 0.1) is 23.0 Å². The number of esters is 1. The molecule has 6 nitrogen and oxygen atoms in total. The van der Waals surface area contributed by atoms with Gasteiger partial charge < -0.3 is 19.7 Å². The van der Waals surface area contributed by atoms with Crippen molar-refractivity contribution in [2.75, 3.05) is 7.11 Å². The fraction of sp³-hybridized carbons (Fsp3) is 0.900. The molecule has 0 unspecified atom stereocenters. The van der Waals surface area contributed by atoms with Gasteiger partial charge in [0.15, 0.2) is 0 Å². The Morgan fingerprint density at radius 1 is 1.27 bits per heavy atom. The summed E-state index contributed by atoms with van der Waals surface area (Å²) in [7, 11) is 1.72. The fourth-order valence-corrected chi connectivity index (χ4v) is 8.30. The molecule has 144 valence electrons. The van der Waals surface area contributed by atoms with Gasteiger partial charge in [-0.15, -0.1) is 0 Å². The Bertz CT molecular complexity index is 706. The first-order valence-corrected chi connectivity index (χ1v) is 9.85. The molecule has 4 bridgehead atoms. The standard InChI is InChI=1S/C20H28O6/c1-17(25-3)9-19-8-10(17)4-5-11(19)20-7-6-12(21)18(2,16(24)26-20)14(20)13(19)15(22)23/h10-14,21H,4-9H2,1-3H3,(H,22,23)/t10-,11-,12+,13-,14-,17-,18-,19-,20-/m1/s1. The third-order valence-corrected chi connectivity index (χ3v) is 9.34. The van der Waals surface area contributed by atoms with E-state index in [9.17, 15) is 19.8 Å². The van der Waals surface area contributed by atoms with E-state index in [1.165, 1.54) is 0 Å². The second-order valence-corrected chi connectivity index (χ2v) is 9.93. The predicted molar refractivity (Wildman–Crippen MR) is 90.1 cm³/mol. The molecule has 4 saturated carbocycles. The summed E-state index contributed by atoms with van der Waals surface area (Å²) in [5.74, 6) is -1.98. The van der Waals surface area contributed by atoms with E-state index < -0.39 is 46.3 Å². The summed E-state index contributed by atoms with van der Waals surface area (Å²) in [5.41, 5.74) is -2.57. The second-order valence-electron chi connectivity index (χ2n) is 9.93. The maximum Gasteiger partial charge on any atom is 0.315 e. The van der Waals surface area contributed by atoms with Gasteiger partial charge >= 0.3 is 11.9 Å². The Morgan fingerprint density at radius 3 is 2.65 bits per heavy atom. The smallest absolute Gasteiger partial charge is 0.315 e. The van der Waals surface area contributed by atoms with Crippen LogP contribution >= 0.6 is 0 Å². The van der Waals surface area contributed by atoms with Gasteiger partial charge in [-0.1, -0.05) is 0 Å². The highest BCUT2D eigenvalue weighted by molar-refractivity contribution is 5.85. The third kappa shape index (κ3) is 1.52. The summed E-state index contributed by atoms with van der Waals surface area (Å²) in [4.78, 5) is 25.4. The average molecular weight is 364 g/mol. The topological polar surface area (TPSA) is 93.1 Å². The normalized spacial score (nSPS) is 59.7. The van der Waals surface area contributed by atoms with Gasteiger partial charge in [-0.25, -0.2) is 0 Å². The van der Waals surface area contributed by atoms with Crippen LogP contribution in [0.4, 0.5) is 0 Å². The Kier molecular flexibility index (Phi) is 3.03. The Labute approximate surface area is 153 Å². The van der Waals surface area contributed by atoms with E-state index in [0.29, 0.717) is 25.2 Å². The number of hydrogen-bond acceptors (Lipinski definition) is 5. The summed E-state index contributed by atoms with van der Waals surface area (Å²) in [6, 6.07) is 0. The number of ether oxygens (including phenoxy) is 2. The number of carboxylic acid groups (broad SMARTS) is 1. The van der Waals surface area contributed by atoms with Gasteiger partial charge in [0.1, 0.15) is 5.60 Å². The number of aliphatic hydroxyl groups excluding tert-OH is 1. The number of carbonyl (C=O) groups is 2. The van der Waals surface area contributed by atoms with Crippen molar-refractivity contribution in [1.82, 2.24) is 0 Å². The number of aliphatic hydroxyl groups is 1. The van der Waals surface area contributed by atoms with Crippen LogP contribution in [0.15, 0.2) is 0 Å². The largest absolute Gasteiger partial charge is 0.481 e. The number of fused-ring (bicyclic) bond motifs is 1. The van der Waals surface area contributed by atoms with E-state index in [4.69, 9.17) is 9.47 Å². The average Bonchev–Trinajstić information content (AvgIpc) is 3.04. The van der Waals surface area contributed by atoms with Crippen molar-refractivity contribution >= 4 is 11.9 Å². The number of aliphatic carboxylic acids is 1. The summed E-state index contributed by atoms with van der Waals surface area (Å²) in [6.07, 6.45) is 3.62. The van der Waals surface area contributed by atoms with Crippen LogP contribution in [0.5, 0.6) is 0 Å². The maximum atomic E-state index is 12.8. The van der Waals surface area contributed by atoms with Crippen molar-refractivity contribution in [2.24, 2.45) is 34.5 Å². The first kappa shape index (κ1) is 17.0. The molecule has 4 aliphatic carbocycles. The molecular formula is C20H28O6. The van der Waals surface area contributed by atoms with E-state index in [2.05, 4.69) is 6.92 Å². The minimum Gasteiger partial charge on any atom is -0.481 e. The molecule has 1 heterocycles. The minimum atomic E-state index is -1.12. The van der Waals surface area contributed by atoms with Crippen molar-refractivity contribution in [3.05, 3.63) is 0 Å². The van der Waals surface area contributed by atoms with Crippen LogP contribution in [0.2, 0.25) is 0 Å². The van der Waals surface area contributed by atoms with Crippen molar-refractivity contribution in [2.45, 2.75) is 69.7 Å². The quantitative estimate of drug-likeness (QED) is 0.728. The summed E-state index contributed by atoms with van der Waals surface area (Å²) >= 11 is 0. The van der Waals surface area contributed by atoms with Crippen LogP contribution in [0, 0.1) is 34.5 Å². The van der Waals surface area contributed by atoms with Gasteiger partial charge in [0.25, 0.3) is 0 Å². The van der Waals surface area contributed by atoms with Crippen molar-refractivity contribution < 1.29 is 29.3 Å². The molecular weight excluding hydrogens is 336 g/mol. The van der Waals surface area contributed by atoms with Crippen LogP contribution in [-0.2, 0) is 19.1 Å². The summed E-state index contributed by atoms with van der Waals surface area (Å²) in [5, 5.41) is 21.0. The molecule has 0 aromatic rings. The first-order chi connectivity index (χ1) is 12.2. The van der Waals surface area contributed by atoms with E-state index in [0.717, 1.165) is 19.3 Å². The molecule has 0 aromatic carbocycles. The first-order valence-electron chi connectivity index (χ1n) is 9.85. The molecule has 9 atom stereocenters. The van der Waals surface area contributed by atoms with Gasteiger partial charge in [-0.05, 0) is 63.7 Å². The monoisotopic (exact) mass is 364 g/mol. The zero-order chi connectivity index (χ0) is 18.7. The summed E-state index contributed by atoms with van der Waals surface area (Å²) in [6.45, 7) is 3.84. The SMILES string of the molecule is CO[C@]1(C)C[C@]23C[C@H]1CC[C@H]2[C@@]12CC[C@H](O)[C@@](C)(C(=O)O1)[C@H]2[C@@H]3C(=O)O. The van der Waals surface area contributed by atoms with E-state index in [1.807, 2.05) is 0 Å². The minimum absolute atomic E-state index is 0.0487. The molecule has 5 aliphatic rings. The lowest BCUT2D eigenvalue weighted by molar-refractivity contribution is -0.162. The number of carbonyl (C=O) groups excluding carboxylic acids is 1. The number of methoxy groups -OCH3 is 1. The maximum absolute atomic E-state index is 12.8. The molecule has 2 N–H and O–H groups in total. The number of carboxylic acids is 1. The molecule has 0 amide bonds. The highest BCUT2D eigenvalue weighted by atomic mass is 16.6. The second kappa shape index (κ2) is 4.64. The van der Waals surface area contributed by atoms with Gasteiger partial charge in [-0.2, -0.15) is 0 Å². The Hall–Kier alpha value is -1.14. The van der Waals surface area contributed by atoms with E-state index in [-0.39, 0.29) is 11.5 Å². The van der Waals surface area contributed by atoms with Gasteiger partial charge in [0.2, 0.25) is 0 Å². The van der Waals surface area contributed by atoms with Crippen LogP contribution < -0.4 is 0 Å². The molecule has 0 aromatic heterocycles. The van der Waals surface area contributed by atoms with E-state index in [1.54, 1.807) is 14.0 Å². The molecule has 1 aliphatic heterocycles.